The van der Waals surface area contributed by atoms with Gasteiger partial charge in [-0.15, -0.1) is 28.2 Å². The number of nitrogens with zero attached hydrogens (tertiary/aromatic N) is 5. The first kappa shape index (κ1) is 36.3. The average molecular weight is 772 g/mol. The molecule has 3 amide bonds. The van der Waals surface area contributed by atoms with E-state index < -0.39 is 69.3 Å². The number of piperidine rings is 1. The lowest BCUT2D eigenvalue weighted by Gasteiger charge is -2.50. The summed E-state index contributed by atoms with van der Waals surface area (Å²) in [7, 11) is 0. The number of benzene rings is 1. The fraction of sp³-hybridized carbons (Fsp3) is 0.455. The SMILES string of the molecule is CC(C)(O/N=C(\C(=O)C[C@@H]1C(=O)N2C(C(=O)O)=C(C[N+]34CCC(CON5C(=O)c6cc(O)c(O)cc6C5=O)(CC3)C4)CS[C@H]12)c1csc(N)n1)C(=O)O. The maximum Gasteiger partial charge on any atom is 0.352 e. The molecule has 2 aromatic rings. The summed E-state index contributed by atoms with van der Waals surface area (Å²) in [4.78, 5) is 93.4. The molecule has 5 aliphatic rings. The first-order valence-electron chi connectivity index (χ1n) is 16.5. The number of carboxylic acids is 2. The molecule has 7 rings (SSSR count). The molecule has 3 saturated heterocycles. The second kappa shape index (κ2) is 12.8. The molecule has 20 heteroatoms. The lowest BCUT2D eigenvalue weighted by Crippen LogP contribution is -2.62. The number of aromatic hydroxyl groups is 2. The highest BCUT2D eigenvalue weighted by atomic mass is 32.2. The monoisotopic (exact) mass is 771 g/mol. The molecule has 1 aromatic carbocycles. The van der Waals surface area contributed by atoms with Crippen molar-refractivity contribution in [2.45, 2.75) is 44.1 Å². The zero-order valence-electron chi connectivity index (χ0n) is 28.4. The van der Waals surface area contributed by atoms with E-state index in [1.165, 1.54) is 35.9 Å². The molecule has 0 unspecified atom stereocenters. The van der Waals surface area contributed by atoms with Gasteiger partial charge in [0.15, 0.2) is 28.1 Å². The number of aliphatic carboxylic acids is 2. The van der Waals surface area contributed by atoms with Gasteiger partial charge in [0.25, 0.3) is 11.8 Å². The van der Waals surface area contributed by atoms with Gasteiger partial charge in [0.1, 0.15) is 17.9 Å². The molecule has 3 fully saturated rings. The molecule has 6 heterocycles. The lowest BCUT2D eigenvalue weighted by molar-refractivity contribution is -0.905. The molecule has 0 saturated carbocycles. The first-order valence-corrected chi connectivity index (χ1v) is 18.4. The van der Waals surface area contributed by atoms with Crippen molar-refractivity contribution in [3.05, 3.63) is 45.6 Å². The Kier molecular flexibility index (Phi) is 8.78. The van der Waals surface area contributed by atoms with Gasteiger partial charge in [-0.1, -0.05) is 5.16 Å². The van der Waals surface area contributed by atoms with Gasteiger partial charge in [0.2, 0.25) is 11.5 Å². The molecule has 2 atom stereocenters. The Balaban J connectivity index is 1.03. The summed E-state index contributed by atoms with van der Waals surface area (Å²) >= 11 is 2.39. The number of carboxylic acid groups (broad SMARTS) is 2. The van der Waals surface area contributed by atoms with Gasteiger partial charge in [-0.05, 0) is 26.0 Å². The quantitative estimate of drug-likeness (QED) is 0.0481. The number of thioether (sulfide) groups is 1. The molecule has 18 nitrogen and oxygen atoms in total. The van der Waals surface area contributed by atoms with Gasteiger partial charge in [-0.3, -0.25) is 28.9 Å². The van der Waals surface area contributed by atoms with E-state index in [-0.39, 0.29) is 46.4 Å². The highest BCUT2D eigenvalue weighted by Gasteiger charge is 2.59. The fourth-order valence-electron chi connectivity index (χ4n) is 7.65. The predicted octanol–water partition coefficient (Wildman–Crippen LogP) is 1.39. The predicted molar refractivity (Wildman–Crippen MR) is 184 cm³/mol. The topological polar surface area (TPSA) is 260 Å². The minimum absolute atomic E-state index is 0.0516. The number of nitrogen functional groups attached to an aromatic ring is 1. The van der Waals surface area contributed by atoms with E-state index in [1.807, 2.05) is 0 Å². The first-order chi connectivity index (χ1) is 24.9. The Morgan fingerprint density at radius 3 is 2.30 bits per heavy atom. The zero-order chi connectivity index (χ0) is 38.2. The summed E-state index contributed by atoms with van der Waals surface area (Å²) in [5, 5.41) is 44.8. The summed E-state index contributed by atoms with van der Waals surface area (Å²) < 4.78 is 0.539. The third-order valence-electron chi connectivity index (χ3n) is 10.5. The molecular formula is C33H35N6O12S2+. The lowest BCUT2D eigenvalue weighted by atomic mass is 9.86. The van der Waals surface area contributed by atoms with E-state index in [1.54, 1.807) is 0 Å². The number of imide groups is 1. The molecule has 6 N–H and O–H groups in total. The normalized spacial score (nSPS) is 26.5. The van der Waals surface area contributed by atoms with Crippen molar-refractivity contribution in [1.82, 2.24) is 14.9 Å². The number of phenols is 2. The second-order valence-electron chi connectivity index (χ2n) is 14.5. The highest BCUT2D eigenvalue weighted by Crippen LogP contribution is 2.50. The van der Waals surface area contributed by atoms with Crippen LogP contribution in [0.2, 0.25) is 0 Å². The number of Topliss-reactive ketones (excluding diaryl/α,β-unsaturated/α-hetero) is 1. The Morgan fingerprint density at radius 2 is 1.74 bits per heavy atom. The third kappa shape index (κ3) is 6.17. The molecule has 5 aliphatic heterocycles. The number of oxime groups is 1. The van der Waals surface area contributed by atoms with Crippen molar-refractivity contribution in [3.63, 3.8) is 0 Å². The highest BCUT2D eigenvalue weighted by molar-refractivity contribution is 8.00. The van der Waals surface area contributed by atoms with Crippen LogP contribution >= 0.6 is 23.1 Å². The van der Waals surface area contributed by atoms with Crippen molar-refractivity contribution < 1.29 is 63.4 Å². The second-order valence-corrected chi connectivity index (χ2v) is 16.5. The Hall–Kier alpha value is -5.05. The van der Waals surface area contributed by atoms with Crippen LogP contribution in [0.15, 0.2) is 33.9 Å². The number of quaternary nitrogens is 1. The van der Waals surface area contributed by atoms with E-state index in [4.69, 9.17) is 15.4 Å². The van der Waals surface area contributed by atoms with Crippen LogP contribution in [0, 0.1) is 11.3 Å². The van der Waals surface area contributed by atoms with Gasteiger partial charge >= 0.3 is 11.9 Å². The number of amides is 3. The number of thiazole rings is 1. The number of ketones is 1. The number of β-lactam (4-membered cyclic amide) rings is 1. The van der Waals surface area contributed by atoms with Crippen molar-refractivity contribution in [2.75, 3.05) is 44.3 Å². The zero-order valence-corrected chi connectivity index (χ0v) is 30.1. The molecular weight excluding hydrogens is 737 g/mol. The van der Waals surface area contributed by atoms with Crippen LogP contribution in [0.25, 0.3) is 0 Å². The Morgan fingerprint density at radius 1 is 1.09 bits per heavy atom. The van der Waals surface area contributed by atoms with Gasteiger partial charge in [0.05, 0.1) is 54.1 Å². The number of phenolic OH excluding ortho intramolecular Hbond substituents is 2. The fourth-order valence-corrected chi connectivity index (χ4v) is 9.61. The number of hydrogen-bond acceptors (Lipinski definition) is 15. The van der Waals surface area contributed by atoms with Crippen LogP contribution in [0.1, 0.15) is 59.5 Å². The third-order valence-corrected chi connectivity index (χ3v) is 12.6. The van der Waals surface area contributed by atoms with Crippen molar-refractivity contribution >= 4 is 69.4 Å². The smallest absolute Gasteiger partial charge is 0.352 e. The van der Waals surface area contributed by atoms with Gasteiger partial charge in [-0.2, -0.15) is 0 Å². The number of carbonyl (C=O) groups is 6. The van der Waals surface area contributed by atoms with E-state index in [9.17, 15) is 49.2 Å². The molecule has 53 heavy (non-hydrogen) atoms. The number of nitrogens with two attached hydrogens (primary N) is 1. The number of aromatic nitrogens is 1. The van der Waals surface area contributed by atoms with E-state index in [2.05, 4.69) is 10.1 Å². The van der Waals surface area contributed by atoms with E-state index >= 15 is 0 Å². The van der Waals surface area contributed by atoms with Crippen LogP contribution in [0.3, 0.4) is 0 Å². The van der Waals surface area contributed by atoms with E-state index in [0.717, 1.165) is 23.5 Å². The largest absolute Gasteiger partial charge is 0.504 e. The standard InChI is InChI=1S/C33H34N6O12S2/c1-32(2,30(48)49)51-36-23(19-12-53-31(34)35-19)22(42)9-18-25(43)37-24(29(46)47)15(11-52-28(18)37)10-39-5-3-33(13-39,4-6-39)14-50-38-26(44)16-7-20(40)21(41)8-17(16)27(38)45/h7-8,12,18,28H,3-6,9-11,13-14H2,1-2H3,(H5-,34,35,36,40,41,42,44,45,46,47,48,49)/p+1/t18-,28-,33?,39?/m1/s1. The summed E-state index contributed by atoms with van der Waals surface area (Å²) in [6.45, 7) is 4.89. The molecule has 280 valence electrons. The summed E-state index contributed by atoms with van der Waals surface area (Å²) in [6.07, 6.45) is 1.04. The van der Waals surface area contributed by atoms with Crippen molar-refractivity contribution in [1.29, 1.82) is 0 Å². The van der Waals surface area contributed by atoms with Gasteiger partial charge < -0.3 is 35.5 Å². The van der Waals surface area contributed by atoms with Gasteiger partial charge in [0, 0.05) is 36.0 Å². The average Bonchev–Trinajstić information content (AvgIpc) is 3.85. The maximum absolute atomic E-state index is 13.6. The summed E-state index contributed by atoms with van der Waals surface area (Å²) in [6, 6.07) is 2.04. The number of hydroxylamine groups is 2. The van der Waals surface area contributed by atoms with Crippen molar-refractivity contribution in [3.8, 4) is 11.5 Å². The number of rotatable bonds is 13. The Labute approximate surface area is 309 Å². The summed E-state index contributed by atoms with van der Waals surface area (Å²) in [5.41, 5.74) is 3.65. The van der Waals surface area contributed by atoms with Crippen LogP contribution in [-0.4, -0.2) is 131 Å². The van der Waals surface area contributed by atoms with Crippen LogP contribution in [-0.2, 0) is 28.9 Å². The van der Waals surface area contributed by atoms with Crippen LogP contribution < -0.4 is 5.73 Å². The minimum Gasteiger partial charge on any atom is -0.504 e. The molecule has 1 aromatic heterocycles. The Bertz CT molecular complexity index is 2010. The molecule has 2 bridgehead atoms. The number of carbonyl (C=O) groups excluding carboxylic acids is 4. The minimum atomic E-state index is -1.77. The van der Waals surface area contributed by atoms with Crippen LogP contribution in [0.5, 0.6) is 11.5 Å². The summed E-state index contributed by atoms with van der Waals surface area (Å²) in [5.74, 6) is -6.90. The number of anilines is 1. The van der Waals surface area contributed by atoms with Crippen LogP contribution in [0.4, 0.5) is 5.13 Å². The molecule has 0 spiro atoms. The number of fused-ring (bicyclic) bond motifs is 4. The van der Waals surface area contributed by atoms with Crippen molar-refractivity contribution in [2.24, 2.45) is 16.5 Å². The molecule has 0 radical (unpaired) electrons. The maximum atomic E-state index is 13.6. The van der Waals surface area contributed by atoms with E-state index in [0.29, 0.717) is 59.9 Å². The molecule has 0 aliphatic carbocycles. The van der Waals surface area contributed by atoms with Gasteiger partial charge in [-0.25, -0.2) is 14.6 Å². The number of hydrogen-bond donors (Lipinski definition) is 5.